The third kappa shape index (κ3) is 3.51. The van der Waals surface area contributed by atoms with Crippen LogP contribution in [0, 0.1) is 0 Å². The normalized spacial score (nSPS) is 9.23. The maximum absolute atomic E-state index is 11.2. The van der Waals surface area contributed by atoms with Gasteiger partial charge in [0.2, 0.25) is 5.91 Å². The number of aromatic nitrogens is 1. The van der Waals surface area contributed by atoms with E-state index in [0.717, 1.165) is 5.69 Å². The number of rotatable bonds is 4. The first-order valence-corrected chi connectivity index (χ1v) is 4.13. The van der Waals surface area contributed by atoms with Crippen molar-refractivity contribution in [1.29, 1.82) is 0 Å². The number of nitrogens with zero attached hydrogens (tertiary/aromatic N) is 1. The number of hydrogen-bond donors (Lipinski definition) is 1. The Bertz CT molecular complexity index is 282. The Balaban J connectivity index is 2.41. The van der Waals surface area contributed by atoms with E-state index in [1.807, 2.05) is 0 Å². The second kappa shape index (κ2) is 5.09. The first-order chi connectivity index (χ1) is 6.33. The number of nitrogens with one attached hydrogen (secondary N) is 1. The zero-order chi connectivity index (χ0) is 9.52. The molecule has 3 nitrogen and oxygen atoms in total. The molecule has 0 spiro atoms. The van der Waals surface area contributed by atoms with Gasteiger partial charge in [-0.2, -0.15) is 0 Å². The van der Waals surface area contributed by atoms with Crippen LogP contribution in [0.2, 0.25) is 0 Å². The molecule has 1 rings (SSSR count). The highest BCUT2D eigenvalue weighted by Crippen LogP contribution is 2.03. The molecular formula is C10H12N2O. The van der Waals surface area contributed by atoms with E-state index >= 15 is 0 Å². The van der Waals surface area contributed by atoms with Crippen molar-refractivity contribution in [2.75, 3.05) is 5.32 Å². The first-order valence-electron chi connectivity index (χ1n) is 4.13. The van der Waals surface area contributed by atoms with Gasteiger partial charge < -0.3 is 5.32 Å². The maximum atomic E-state index is 11.2. The minimum Gasteiger partial charge on any atom is -0.325 e. The molecule has 68 valence electrons. The topological polar surface area (TPSA) is 42.0 Å². The molecule has 0 aromatic carbocycles. The Hall–Kier alpha value is -1.64. The van der Waals surface area contributed by atoms with Gasteiger partial charge in [-0.1, -0.05) is 6.08 Å². The molecule has 0 saturated carbocycles. The van der Waals surface area contributed by atoms with Crippen molar-refractivity contribution in [2.45, 2.75) is 12.8 Å². The number of carbonyl (C=O) groups excluding carboxylic acids is 1. The van der Waals surface area contributed by atoms with Crippen LogP contribution in [-0.2, 0) is 4.79 Å². The second-order valence-electron chi connectivity index (χ2n) is 2.62. The quantitative estimate of drug-likeness (QED) is 0.713. The van der Waals surface area contributed by atoms with Gasteiger partial charge in [0.05, 0.1) is 11.9 Å². The zero-order valence-electron chi connectivity index (χ0n) is 7.36. The third-order valence-electron chi connectivity index (χ3n) is 1.52. The molecule has 1 amide bonds. The van der Waals surface area contributed by atoms with E-state index in [0.29, 0.717) is 12.8 Å². The Morgan fingerprint density at radius 1 is 1.69 bits per heavy atom. The van der Waals surface area contributed by atoms with Crippen LogP contribution < -0.4 is 5.32 Å². The molecule has 0 unspecified atom stereocenters. The first kappa shape index (κ1) is 9.45. The molecule has 0 fully saturated rings. The van der Waals surface area contributed by atoms with Crippen molar-refractivity contribution in [3.8, 4) is 0 Å². The van der Waals surface area contributed by atoms with Crippen LogP contribution in [0.25, 0.3) is 0 Å². The highest BCUT2D eigenvalue weighted by molar-refractivity contribution is 5.90. The summed E-state index contributed by atoms with van der Waals surface area (Å²) >= 11 is 0. The van der Waals surface area contributed by atoms with E-state index in [1.165, 1.54) is 0 Å². The van der Waals surface area contributed by atoms with Crippen molar-refractivity contribution >= 4 is 11.6 Å². The van der Waals surface area contributed by atoms with E-state index in [9.17, 15) is 4.79 Å². The van der Waals surface area contributed by atoms with Crippen LogP contribution >= 0.6 is 0 Å². The van der Waals surface area contributed by atoms with E-state index in [-0.39, 0.29) is 5.91 Å². The molecule has 1 aromatic heterocycles. The van der Waals surface area contributed by atoms with E-state index in [2.05, 4.69) is 16.9 Å². The van der Waals surface area contributed by atoms with E-state index in [1.54, 1.807) is 30.6 Å². The molecule has 0 radical (unpaired) electrons. The van der Waals surface area contributed by atoms with Gasteiger partial charge in [0.1, 0.15) is 0 Å². The number of pyridine rings is 1. The standard InChI is InChI=1S/C10H12N2O/c1-2-3-6-10(13)12-9-5-4-7-11-8-9/h2,4-5,7-8H,1,3,6H2,(H,12,13). The Kier molecular flexibility index (Phi) is 3.70. The average molecular weight is 176 g/mol. The molecule has 0 aliphatic carbocycles. The monoisotopic (exact) mass is 176 g/mol. The van der Waals surface area contributed by atoms with Crippen LogP contribution in [0.4, 0.5) is 5.69 Å². The van der Waals surface area contributed by atoms with Crippen molar-refractivity contribution < 1.29 is 4.79 Å². The summed E-state index contributed by atoms with van der Waals surface area (Å²) in [5, 5.41) is 2.73. The fourth-order valence-corrected chi connectivity index (χ4v) is 0.893. The predicted molar refractivity (Wildman–Crippen MR) is 52.3 cm³/mol. The summed E-state index contributed by atoms with van der Waals surface area (Å²) in [7, 11) is 0. The average Bonchev–Trinajstić information content (AvgIpc) is 2.16. The molecule has 1 N–H and O–H groups in total. The number of amides is 1. The molecule has 0 aliphatic heterocycles. The second-order valence-corrected chi connectivity index (χ2v) is 2.62. The van der Waals surface area contributed by atoms with Crippen LogP contribution in [0.5, 0.6) is 0 Å². The summed E-state index contributed by atoms with van der Waals surface area (Å²) in [6.07, 6.45) is 6.18. The molecule has 0 atom stereocenters. The Labute approximate surface area is 77.5 Å². The summed E-state index contributed by atoms with van der Waals surface area (Å²) in [4.78, 5) is 15.1. The van der Waals surface area contributed by atoms with Crippen LogP contribution in [0.3, 0.4) is 0 Å². The van der Waals surface area contributed by atoms with Gasteiger partial charge in [0.25, 0.3) is 0 Å². The van der Waals surface area contributed by atoms with Crippen molar-refractivity contribution in [3.05, 3.63) is 37.2 Å². The summed E-state index contributed by atoms with van der Waals surface area (Å²) < 4.78 is 0. The molecule has 0 bridgehead atoms. The number of allylic oxidation sites excluding steroid dienone is 1. The van der Waals surface area contributed by atoms with Crippen molar-refractivity contribution in [3.63, 3.8) is 0 Å². The minimum atomic E-state index is -0.00657. The highest BCUT2D eigenvalue weighted by Gasteiger charge is 1.99. The molecule has 13 heavy (non-hydrogen) atoms. The molecule has 0 aliphatic rings. The van der Waals surface area contributed by atoms with Crippen molar-refractivity contribution in [2.24, 2.45) is 0 Å². The van der Waals surface area contributed by atoms with Gasteiger partial charge in [-0.3, -0.25) is 9.78 Å². The zero-order valence-corrected chi connectivity index (χ0v) is 7.36. The lowest BCUT2D eigenvalue weighted by Crippen LogP contribution is -2.10. The van der Waals surface area contributed by atoms with Gasteiger partial charge in [0, 0.05) is 12.6 Å². The van der Waals surface area contributed by atoms with Gasteiger partial charge in [-0.15, -0.1) is 6.58 Å². The van der Waals surface area contributed by atoms with E-state index < -0.39 is 0 Å². The molecule has 0 saturated heterocycles. The van der Waals surface area contributed by atoms with Gasteiger partial charge >= 0.3 is 0 Å². The molecule has 1 heterocycles. The SMILES string of the molecule is C=CCCC(=O)Nc1cccnc1. The Morgan fingerprint density at radius 3 is 3.15 bits per heavy atom. The maximum Gasteiger partial charge on any atom is 0.224 e. The molecular weight excluding hydrogens is 164 g/mol. The lowest BCUT2D eigenvalue weighted by Gasteiger charge is -2.01. The van der Waals surface area contributed by atoms with Crippen LogP contribution in [0.1, 0.15) is 12.8 Å². The lowest BCUT2D eigenvalue weighted by atomic mass is 10.3. The fourth-order valence-electron chi connectivity index (χ4n) is 0.893. The summed E-state index contributed by atoms with van der Waals surface area (Å²) in [6.45, 7) is 3.55. The molecule has 1 aromatic rings. The van der Waals surface area contributed by atoms with Gasteiger partial charge in [-0.25, -0.2) is 0 Å². The third-order valence-corrected chi connectivity index (χ3v) is 1.52. The predicted octanol–water partition coefficient (Wildman–Crippen LogP) is 1.99. The minimum absolute atomic E-state index is 0.00657. The van der Waals surface area contributed by atoms with Gasteiger partial charge in [-0.05, 0) is 18.6 Å². The number of carbonyl (C=O) groups is 1. The van der Waals surface area contributed by atoms with Crippen LogP contribution in [0.15, 0.2) is 37.2 Å². The number of anilines is 1. The largest absolute Gasteiger partial charge is 0.325 e. The van der Waals surface area contributed by atoms with E-state index in [4.69, 9.17) is 0 Å². The molecule has 3 heteroatoms. The summed E-state index contributed by atoms with van der Waals surface area (Å²) in [6, 6.07) is 3.59. The number of hydrogen-bond acceptors (Lipinski definition) is 2. The summed E-state index contributed by atoms with van der Waals surface area (Å²) in [5.74, 6) is -0.00657. The highest BCUT2D eigenvalue weighted by atomic mass is 16.1. The van der Waals surface area contributed by atoms with Gasteiger partial charge in [0.15, 0.2) is 0 Å². The Morgan fingerprint density at radius 2 is 2.54 bits per heavy atom. The van der Waals surface area contributed by atoms with Crippen LogP contribution in [-0.4, -0.2) is 10.9 Å². The fraction of sp³-hybridized carbons (Fsp3) is 0.200. The lowest BCUT2D eigenvalue weighted by molar-refractivity contribution is -0.116. The summed E-state index contributed by atoms with van der Waals surface area (Å²) in [5.41, 5.74) is 0.733. The smallest absolute Gasteiger partial charge is 0.224 e. The van der Waals surface area contributed by atoms with Crippen molar-refractivity contribution in [1.82, 2.24) is 4.98 Å².